The Morgan fingerprint density at radius 1 is 1.04 bits per heavy atom. The van der Waals surface area contributed by atoms with Crippen molar-refractivity contribution in [3.8, 4) is 0 Å². The zero-order valence-corrected chi connectivity index (χ0v) is 15.6. The van der Waals surface area contributed by atoms with Crippen LogP contribution in [0.2, 0.25) is 0 Å². The van der Waals surface area contributed by atoms with Gasteiger partial charge in [0.25, 0.3) is 0 Å². The molecule has 0 atom stereocenters. The highest BCUT2D eigenvalue weighted by atomic mass is 32.1. The number of aliphatic hydroxyl groups is 1. The van der Waals surface area contributed by atoms with Gasteiger partial charge in [0, 0.05) is 22.3 Å². The molecule has 6 heteroatoms. The standard InChI is InChI=1S/C17H26N4OS/c1-16(2,3)12-7-13(21-15(20-12)17(4,5)6)18-8-14-19-11(9-22)10-23-14/h7,10,22H,8-9H2,1-6H3,(H,18,20,21). The van der Waals surface area contributed by atoms with E-state index in [1.54, 1.807) is 0 Å². The zero-order chi connectivity index (χ0) is 17.3. The van der Waals surface area contributed by atoms with E-state index >= 15 is 0 Å². The van der Waals surface area contributed by atoms with Gasteiger partial charge in [-0.3, -0.25) is 0 Å². The van der Waals surface area contributed by atoms with Gasteiger partial charge >= 0.3 is 0 Å². The lowest BCUT2D eigenvalue weighted by Crippen LogP contribution is -2.22. The summed E-state index contributed by atoms with van der Waals surface area (Å²) in [6.45, 7) is 13.4. The van der Waals surface area contributed by atoms with E-state index in [2.05, 4.69) is 56.8 Å². The molecule has 23 heavy (non-hydrogen) atoms. The molecule has 0 bridgehead atoms. The maximum Gasteiger partial charge on any atom is 0.136 e. The van der Waals surface area contributed by atoms with Crippen molar-refractivity contribution in [3.05, 3.63) is 33.7 Å². The van der Waals surface area contributed by atoms with Crippen molar-refractivity contribution in [2.75, 3.05) is 5.32 Å². The number of thiazole rings is 1. The van der Waals surface area contributed by atoms with Gasteiger partial charge in [0.05, 0.1) is 24.5 Å². The van der Waals surface area contributed by atoms with Crippen LogP contribution in [0.5, 0.6) is 0 Å². The SMILES string of the molecule is CC(C)(C)c1cc(NCc2nc(CO)cs2)nc(C(C)(C)C)n1. The predicted octanol–water partition coefficient (Wildman–Crippen LogP) is 3.63. The Morgan fingerprint density at radius 2 is 1.74 bits per heavy atom. The quantitative estimate of drug-likeness (QED) is 0.893. The smallest absolute Gasteiger partial charge is 0.136 e. The summed E-state index contributed by atoms with van der Waals surface area (Å²) in [5.41, 5.74) is 1.59. The van der Waals surface area contributed by atoms with E-state index in [-0.39, 0.29) is 17.4 Å². The third kappa shape index (κ3) is 4.72. The van der Waals surface area contributed by atoms with Gasteiger partial charge in [-0.1, -0.05) is 41.5 Å². The Kier molecular flexibility index (Phi) is 5.06. The molecule has 0 spiro atoms. The van der Waals surface area contributed by atoms with Crippen molar-refractivity contribution >= 4 is 17.2 Å². The normalized spacial score (nSPS) is 12.5. The lowest BCUT2D eigenvalue weighted by Gasteiger charge is -2.23. The lowest BCUT2D eigenvalue weighted by molar-refractivity contribution is 0.277. The number of hydrogen-bond donors (Lipinski definition) is 2. The van der Waals surface area contributed by atoms with Crippen molar-refractivity contribution in [2.24, 2.45) is 0 Å². The molecular weight excluding hydrogens is 308 g/mol. The van der Waals surface area contributed by atoms with Crippen LogP contribution in [0, 0.1) is 0 Å². The van der Waals surface area contributed by atoms with Crippen LogP contribution in [0.4, 0.5) is 5.82 Å². The molecule has 0 aliphatic heterocycles. The molecule has 0 fully saturated rings. The average Bonchev–Trinajstić information content (AvgIpc) is 2.91. The number of aliphatic hydroxyl groups excluding tert-OH is 1. The monoisotopic (exact) mass is 334 g/mol. The first-order valence-electron chi connectivity index (χ1n) is 7.77. The maximum atomic E-state index is 9.09. The number of aromatic nitrogens is 3. The summed E-state index contributed by atoms with van der Waals surface area (Å²) < 4.78 is 0. The van der Waals surface area contributed by atoms with Crippen LogP contribution in [0.3, 0.4) is 0 Å². The van der Waals surface area contributed by atoms with Crippen LogP contribution in [-0.2, 0) is 24.0 Å². The molecule has 2 aromatic heterocycles. The summed E-state index contributed by atoms with van der Waals surface area (Å²) in [6.07, 6.45) is 0. The van der Waals surface area contributed by atoms with E-state index in [0.717, 1.165) is 22.3 Å². The van der Waals surface area contributed by atoms with Crippen LogP contribution in [0.15, 0.2) is 11.4 Å². The minimum atomic E-state index is -0.108. The highest BCUT2D eigenvalue weighted by molar-refractivity contribution is 7.09. The Hall–Kier alpha value is -1.53. The molecule has 0 amide bonds. The first-order chi connectivity index (χ1) is 10.6. The van der Waals surface area contributed by atoms with Crippen LogP contribution < -0.4 is 5.32 Å². The lowest BCUT2D eigenvalue weighted by atomic mass is 9.90. The molecule has 0 saturated carbocycles. The van der Waals surface area contributed by atoms with Crippen LogP contribution >= 0.6 is 11.3 Å². The Labute approximate surface area is 142 Å². The Bertz CT molecular complexity index is 636. The van der Waals surface area contributed by atoms with Gasteiger partial charge < -0.3 is 10.4 Å². The molecule has 2 N–H and O–H groups in total. The summed E-state index contributed by atoms with van der Waals surface area (Å²) in [5.74, 6) is 1.65. The summed E-state index contributed by atoms with van der Waals surface area (Å²) in [4.78, 5) is 13.8. The summed E-state index contributed by atoms with van der Waals surface area (Å²) >= 11 is 1.54. The number of rotatable bonds is 4. The van der Waals surface area contributed by atoms with Gasteiger partial charge in [-0.15, -0.1) is 11.3 Å². The van der Waals surface area contributed by atoms with E-state index in [9.17, 15) is 0 Å². The minimum Gasteiger partial charge on any atom is -0.390 e. The number of nitrogens with zero attached hydrogens (tertiary/aromatic N) is 3. The maximum absolute atomic E-state index is 9.09. The molecular formula is C17H26N4OS. The van der Waals surface area contributed by atoms with E-state index in [4.69, 9.17) is 10.1 Å². The van der Waals surface area contributed by atoms with Crippen LogP contribution in [0.1, 0.15) is 63.8 Å². The Balaban J connectivity index is 2.26. The van der Waals surface area contributed by atoms with Gasteiger partial charge in [-0.25, -0.2) is 15.0 Å². The first kappa shape index (κ1) is 17.8. The van der Waals surface area contributed by atoms with Crippen LogP contribution in [0.25, 0.3) is 0 Å². The molecule has 0 aliphatic rings. The predicted molar refractivity (Wildman–Crippen MR) is 94.8 cm³/mol. The molecule has 0 radical (unpaired) electrons. The van der Waals surface area contributed by atoms with E-state index in [0.29, 0.717) is 12.2 Å². The first-order valence-corrected chi connectivity index (χ1v) is 8.65. The highest BCUT2D eigenvalue weighted by Gasteiger charge is 2.23. The van der Waals surface area contributed by atoms with Crippen molar-refractivity contribution < 1.29 is 5.11 Å². The second-order valence-corrected chi connectivity index (χ2v) is 8.65. The molecule has 0 aromatic carbocycles. The minimum absolute atomic E-state index is 0.0215. The van der Waals surface area contributed by atoms with Gasteiger partial charge in [0.2, 0.25) is 0 Å². The fourth-order valence-electron chi connectivity index (χ4n) is 1.93. The second kappa shape index (κ2) is 6.53. The highest BCUT2D eigenvalue weighted by Crippen LogP contribution is 2.27. The molecule has 5 nitrogen and oxygen atoms in total. The molecule has 2 rings (SSSR count). The average molecular weight is 334 g/mol. The van der Waals surface area contributed by atoms with E-state index in [1.165, 1.54) is 11.3 Å². The largest absolute Gasteiger partial charge is 0.390 e. The van der Waals surface area contributed by atoms with Crippen molar-refractivity contribution in [1.82, 2.24) is 15.0 Å². The third-order valence-corrected chi connectivity index (χ3v) is 4.25. The van der Waals surface area contributed by atoms with E-state index < -0.39 is 0 Å². The summed E-state index contributed by atoms with van der Waals surface area (Å²) in [7, 11) is 0. The van der Waals surface area contributed by atoms with Crippen molar-refractivity contribution in [3.63, 3.8) is 0 Å². The summed E-state index contributed by atoms with van der Waals surface area (Å²) in [6, 6.07) is 2.01. The molecule has 2 heterocycles. The van der Waals surface area contributed by atoms with Gasteiger partial charge in [-0.05, 0) is 0 Å². The molecule has 126 valence electrons. The molecule has 0 saturated heterocycles. The van der Waals surface area contributed by atoms with Gasteiger partial charge in [-0.2, -0.15) is 0 Å². The number of nitrogens with one attached hydrogen (secondary N) is 1. The molecule has 0 aliphatic carbocycles. The zero-order valence-electron chi connectivity index (χ0n) is 14.8. The van der Waals surface area contributed by atoms with Crippen LogP contribution in [-0.4, -0.2) is 20.1 Å². The Morgan fingerprint density at radius 3 is 2.26 bits per heavy atom. The molecule has 0 unspecified atom stereocenters. The van der Waals surface area contributed by atoms with Gasteiger partial charge in [0.1, 0.15) is 16.6 Å². The fraction of sp³-hybridized carbons (Fsp3) is 0.588. The molecule has 2 aromatic rings. The second-order valence-electron chi connectivity index (χ2n) is 7.71. The third-order valence-electron chi connectivity index (χ3n) is 3.35. The summed E-state index contributed by atoms with van der Waals surface area (Å²) in [5, 5.41) is 15.2. The van der Waals surface area contributed by atoms with E-state index in [1.807, 2.05) is 11.4 Å². The van der Waals surface area contributed by atoms with Crippen molar-refractivity contribution in [1.29, 1.82) is 0 Å². The topological polar surface area (TPSA) is 70.9 Å². The number of anilines is 1. The van der Waals surface area contributed by atoms with Gasteiger partial charge in [0.15, 0.2) is 0 Å². The number of hydrogen-bond acceptors (Lipinski definition) is 6. The van der Waals surface area contributed by atoms with Crippen molar-refractivity contribution in [2.45, 2.75) is 65.5 Å². The fourth-order valence-corrected chi connectivity index (χ4v) is 2.65.